The molecule has 172 valence electrons. The van der Waals surface area contributed by atoms with E-state index in [9.17, 15) is 5.11 Å². The summed E-state index contributed by atoms with van der Waals surface area (Å²) in [4.78, 5) is 14.1. The van der Waals surface area contributed by atoms with Gasteiger partial charge in [-0.1, -0.05) is 48.5 Å². The van der Waals surface area contributed by atoms with Crippen molar-refractivity contribution in [1.82, 2.24) is 19.5 Å². The summed E-state index contributed by atoms with van der Waals surface area (Å²) in [7, 11) is 0. The Hall–Kier alpha value is -3.65. The Morgan fingerprint density at radius 3 is 2.52 bits per heavy atom. The molecule has 4 rings (SSSR count). The molecule has 2 aromatic heterocycles. The maximum absolute atomic E-state index is 10.2. The largest absolute Gasteiger partial charge is 0.398 e. The Morgan fingerprint density at radius 2 is 1.79 bits per heavy atom. The number of benzene rings is 2. The number of hydrogen-bond acceptors (Lipinski definition) is 7. The van der Waals surface area contributed by atoms with Gasteiger partial charge < -0.3 is 26.0 Å². The lowest BCUT2D eigenvalue weighted by Gasteiger charge is -2.23. The molecule has 0 aliphatic rings. The van der Waals surface area contributed by atoms with Crippen LogP contribution in [0, 0.1) is 0 Å². The number of nitrogens with one attached hydrogen (secondary N) is 2. The van der Waals surface area contributed by atoms with Crippen LogP contribution in [0.4, 0.5) is 17.5 Å². The Balaban J connectivity index is 1.67. The third-order valence-corrected chi connectivity index (χ3v) is 5.34. The highest BCUT2D eigenvalue weighted by Crippen LogP contribution is 2.24. The maximum Gasteiger partial charge on any atom is 0.226 e. The molecule has 0 aliphatic heterocycles. The monoisotopic (exact) mass is 445 g/mol. The molecule has 0 amide bonds. The molecule has 8 heteroatoms. The maximum atomic E-state index is 10.2. The summed E-state index contributed by atoms with van der Waals surface area (Å²) in [5, 5.41) is 16.9. The molecule has 4 aromatic rings. The molecule has 0 radical (unpaired) electrons. The topological polar surface area (TPSA) is 114 Å². The zero-order valence-electron chi connectivity index (χ0n) is 19.3. The number of fused-ring (bicyclic) bond motifs is 1. The Labute approximate surface area is 193 Å². The number of nitrogens with two attached hydrogens (primary N) is 1. The first-order chi connectivity index (χ1) is 15.8. The van der Waals surface area contributed by atoms with Gasteiger partial charge in [0.1, 0.15) is 0 Å². The van der Waals surface area contributed by atoms with Crippen LogP contribution in [-0.2, 0) is 13.1 Å². The van der Waals surface area contributed by atoms with Gasteiger partial charge in [-0.05, 0) is 44.4 Å². The van der Waals surface area contributed by atoms with E-state index in [0.717, 1.165) is 22.5 Å². The molecule has 5 N–H and O–H groups in total. The van der Waals surface area contributed by atoms with Crippen molar-refractivity contribution in [3.8, 4) is 0 Å². The van der Waals surface area contributed by atoms with Crippen LogP contribution in [0.25, 0.3) is 11.2 Å². The van der Waals surface area contributed by atoms with E-state index in [4.69, 9.17) is 15.7 Å². The minimum Gasteiger partial charge on any atom is -0.398 e. The van der Waals surface area contributed by atoms with E-state index in [1.54, 1.807) is 20.2 Å². The quantitative estimate of drug-likeness (QED) is 0.288. The van der Waals surface area contributed by atoms with Crippen LogP contribution >= 0.6 is 0 Å². The number of rotatable bonds is 9. The molecule has 0 spiro atoms. The summed E-state index contributed by atoms with van der Waals surface area (Å²) < 4.78 is 2.01. The first-order valence-corrected chi connectivity index (χ1v) is 11.1. The second-order valence-electron chi connectivity index (χ2n) is 9.04. The van der Waals surface area contributed by atoms with Gasteiger partial charge in [-0.25, -0.2) is 4.98 Å². The Bertz CT molecular complexity index is 1210. The number of para-hydroxylation sites is 1. The van der Waals surface area contributed by atoms with Crippen LogP contribution in [0.1, 0.15) is 38.3 Å². The van der Waals surface area contributed by atoms with E-state index in [0.29, 0.717) is 36.8 Å². The van der Waals surface area contributed by atoms with E-state index in [1.807, 2.05) is 54.0 Å². The second-order valence-corrected chi connectivity index (χ2v) is 9.04. The highest BCUT2D eigenvalue weighted by Gasteiger charge is 2.19. The lowest BCUT2D eigenvalue weighted by atomic mass is 10.0. The normalized spacial score (nSPS) is 12.6. The van der Waals surface area contributed by atoms with Crippen LogP contribution in [0.3, 0.4) is 0 Å². The van der Waals surface area contributed by atoms with Crippen LogP contribution < -0.4 is 16.4 Å². The molecule has 0 aliphatic carbocycles. The summed E-state index contributed by atoms with van der Waals surface area (Å²) >= 11 is 0. The molecule has 2 aromatic carbocycles. The first-order valence-electron chi connectivity index (χ1n) is 11.1. The van der Waals surface area contributed by atoms with Gasteiger partial charge in [0.15, 0.2) is 17.0 Å². The number of imidazole rings is 1. The van der Waals surface area contributed by atoms with E-state index in [2.05, 4.69) is 27.8 Å². The summed E-state index contributed by atoms with van der Waals surface area (Å²) in [6.07, 6.45) is 2.35. The van der Waals surface area contributed by atoms with Crippen molar-refractivity contribution < 1.29 is 5.11 Å². The van der Waals surface area contributed by atoms with Gasteiger partial charge in [-0.3, -0.25) is 0 Å². The molecule has 0 fully saturated rings. The van der Waals surface area contributed by atoms with Gasteiger partial charge in [-0.15, -0.1) is 0 Å². The molecule has 8 nitrogen and oxygen atoms in total. The highest BCUT2D eigenvalue weighted by atomic mass is 16.3. The highest BCUT2D eigenvalue weighted by molar-refractivity contribution is 5.84. The standard InChI is InChI=1S/C25H31N7O/c1-17(13-25(2,3)33)29-24-30-22(27-14-19-11-7-8-12-20(19)26)21-23(31-24)32(16-28-21)15-18-9-5-4-6-10-18/h4-12,16-17,33H,13-15,26H2,1-3H3,(H2,27,29,30,31). The third-order valence-electron chi connectivity index (χ3n) is 5.34. The molecule has 1 unspecified atom stereocenters. The van der Waals surface area contributed by atoms with Gasteiger partial charge in [-0.2, -0.15) is 9.97 Å². The van der Waals surface area contributed by atoms with E-state index >= 15 is 0 Å². The van der Waals surface area contributed by atoms with Crippen molar-refractivity contribution in [1.29, 1.82) is 0 Å². The molecule has 1 atom stereocenters. The summed E-state index contributed by atoms with van der Waals surface area (Å²) in [6, 6.07) is 17.9. The Morgan fingerprint density at radius 1 is 1.06 bits per heavy atom. The minimum absolute atomic E-state index is 0.0226. The molecule has 2 heterocycles. The van der Waals surface area contributed by atoms with E-state index < -0.39 is 5.60 Å². The molecular weight excluding hydrogens is 414 g/mol. The van der Waals surface area contributed by atoms with Gasteiger partial charge in [0, 0.05) is 18.3 Å². The average molecular weight is 446 g/mol. The fraction of sp³-hybridized carbons (Fsp3) is 0.320. The molecule has 0 saturated heterocycles. The number of nitrogen functional groups attached to an aromatic ring is 1. The number of hydrogen-bond donors (Lipinski definition) is 4. The van der Waals surface area contributed by atoms with Gasteiger partial charge >= 0.3 is 0 Å². The zero-order valence-corrected chi connectivity index (χ0v) is 19.3. The lowest BCUT2D eigenvalue weighted by molar-refractivity contribution is 0.0672. The van der Waals surface area contributed by atoms with Crippen LogP contribution in [0.5, 0.6) is 0 Å². The van der Waals surface area contributed by atoms with Crippen molar-refractivity contribution in [2.24, 2.45) is 0 Å². The lowest BCUT2D eigenvalue weighted by Crippen LogP contribution is -2.29. The third kappa shape index (κ3) is 5.78. The fourth-order valence-corrected chi connectivity index (χ4v) is 3.92. The number of nitrogens with zero attached hydrogens (tertiary/aromatic N) is 4. The molecule has 33 heavy (non-hydrogen) atoms. The SMILES string of the molecule is CC(CC(C)(C)O)Nc1nc(NCc2ccccc2N)c2ncn(Cc3ccccc3)c2n1. The van der Waals surface area contributed by atoms with Crippen LogP contribution in [-0.4, -0.2) is 36.3 Å². The number of anilines is 3. The van der Waals surface area contributed by atoms with E-state index in [1.165, 1.54) is 0 Å². The summed E-state index contributed by atoms with van der Waals surface area (Å²) in [5.41, 5.74) is 9.61. The van der Waals surface area contributed by atoms with Crippen LogP contribution in [0.2, 0.25) is 0 Å². The number of aromatic nitrogens is 4. The zero-order chi connectivity index (χ0) is 23.4. The first kappa shape index (κ1) is 22.5. The van der Waals surface area contributed by atoms with Crippen molar-refractivity contribution in [2.45, 2.75) is 51.9 Å². The molecular formula is C25H31N7O. The predicted octanol–water partition coefficient (Wildman–Crippen LogP) is 4.03. The van der Waals surface area contributed by atoms with Crippen LogP contribution in [0.15, 0.2) is 60.9 Å². The predicted molar refractivity (Wildman–Crippen MR) is 133 cm³/mol. The van der Waals surface area contributed by atoms with E-state index in [-0.39, 0.29) is 6.04 Å². The minimum atomic E-state index is -0.794. The molecule has 0 saturated carbocycles. The van der Waals surface area contributed by atoms with Gasteiger partial charge in [0.25, 0.3) is 0 Å². The molecule has 0 bridgehead atoms. The Kier molecular flexibility index (Phi) is 6.46. The fourth-order valence-electron chi connectivity index (χ4n) is 3.92. The van der Waals surface area contributed by atoms with Crippen molar-refractivity contribution in [3.05, 3.63) is 72.1 Å². The summed E-state index contributed by atoms with van der Waals surface area (Å²) in [5.74, 6) is 1.12. The smallest absolute Gasteiger partial charge is 0.226 e. The van der Waals surface area contributed by atoms with Crippen molar-refractivity contribution in [3.63, 3.8) is 0 Å². The van der Waals surface area contributed by atoms with Crippen molar-refractivity contribution in [2.75, 3.05) is 16.4 Å². The van der Waals surface area contributed by atoms with Gasteiger partial charge in [0.2, 0.25) is 5.95 Å². The summed E-state index contributed by atoms with van der Waals surface area (Å²) in [6.45, 7) is 6.76. The number of aliphatic hydroxyl groups is 1. The second kappa shape index (κ2) is 9.46. The van der Waals surface area contributed by atoms with Gasteiger partial charge in [0.05, 0.1) is 18.5 Å². The average Bonchev–Trinajstić information content (AvgIpc) is 3.15. The van der Waals surface area contributed by atoms with Crippen molar-refractivity contribution >= 4 is 28.6 Å².